The van der Waals surface area contributed by atoms with E-state index in [1.807, 2.05) is 30.0 Å². The lowest BCUT2D eigenvalue weighted by Gasteiger charge is -2.14. The Morgan fingerprint density at radius 1 is 1.28 bits per heavy atom. The van der Waals surface area contributed by atoms with Crippen LogP contribution in [0, 0.1) is 5.92 Å². The molecule has 0 atom stereocenters. The molecule has 0 aliphatic heterocycles. The summed E-state index contributed by atoms with van der Waals surface area (Å²) in [5.41, 5.74) is 1.11. The fraction of sp³-hybridized carbons (Fsp3) is 0.600. The monoisotopic (exact) mass is 267 g/mol. The van der Waals surface area contributed by atoms with Crippen molar-refractivity contribution >= 4 is 17.4 Å². The first kappa shape index (κ1) is 15.2. The molecule has 0 aromatic heterocycles. The lowest BCUT2D eigenvalue weighted by molar-refractivity contribution is 0.272. The Balaban J connectivity index is 2.38. The average Bonchev–Trinajstić information content (AvgIpc) is 2.37. The third kappa shape index (κ3) is 6.20. The van der Waals surface area contributed by atoms with Crippen LogP contribution in [0.25, 0.3) is 0 Å². The van der Waals surface area contributed by atoms with Crippen LogP contribution in [0.5, 0.6) is 5.75 Å². The molecule has 0 unspecified atom stereocenters. The van der Waals surface area contributed by atoms with Crippen LogP contribution in [0.15, 0.2) is 24.3 Å². The lowest BCUT2D eigenvalue weighted by atomic mass is 10.2. The molecule has 0 radical (unpaired) electrons. The lowest BCUT2D eigenvalue weighted by Crippen LogP contribution is -2.08. The maximum absolute atomic E-state index is 5.81. The third-order valence-corrected chi connectivity index (χ3v) is 3.43. The number of nitrogens with one attached hydrogen (secondary N) is 1. The summed E-state index contributed by atoms with van der Waals surface area (Å²) in [7, 11) is 0. The summed E-state index contributed by atoms with van der Waals surface area (Å²) in [4.78, 5) is 0. The number of thioether (sulfide) groups is 1. The summed E-state index contributed by atoms with van der Waals surface area (Å²) >= 11 is 1.99. The van der Waals surface area contributed by atoms with Crippen molar-refractivity contribution in [1.82, 2.24) is 0 Å². The summed E-state index contributed by atoms with van der Waals surface area (Å²) in [5.74, 6) is 3.94. The number of benzene rings is 1. The topological polar surface area (TPSA) is 21.3 Å². The van der Waals surface area contributed by atoms with Gasteiger partial charge in [0.25, 0.3) is 0 Å². The van der Waals surface area contributed by atoms with Crippen molar-refractivity contribution in [2.45, 2.75) is 27.2 Å². The van der Waals surface area contributed by atoms with Crippen LogP contribution < -0.4 is 10.1 Å². The van der Waals surface area contributed by atoms with Crippen molar-refractivity contribution in [3.05, 3.63) is 24.3 Å². The molecule has 0 saturated carbocycles. The van der Waals surface area contributed by atoms with Gasteiger partial charge in [-0.2, -0.15) is 11.8 Å². The van der Waals surface area contributed by atoms with Gasteiger partial charge in [0.15, 0.2) is 0 Å². The Morgan fingerprint density at radius 3 is 2.78 bits per heavy atom. The van der Waals surface area contributed by atoms with Crippen molar-refractivity contribution < 1.29 is 4.74 Å². The van der Waals surface area contributed by atoms with E-state index in [4.69, 9.17) is 4.74 Å². The summed E-state index contributed by atoms with van der Waals surface area (Å²) in [6.45, 7) is 8.31. The van der Waals surface area contributed by atoms with Gasteiger partial charge in [0.2, 0.25) is 0 Å². The Morgan fingerprint density at radius 2 is 2.06 bits per heavy atom. The minimum absolute atomic E-state index is 0.555. The molecule has 1 aromatic carbocycles. The largest absolute Gasteiger partial charge is 0.491 e. The smallest absolute Gasteiger partial charge is 0.142 e. The van der Waals surface area contributed by atoms with Gasteiger partial charge in [0.05, 0.1) is 12.3 Å². The van der Waals surface area contributed by atoms with Crippen LogP contribution >= 0.6 is 11.8 Å². The first-order chi connectivity index (χ1) is 8.74. The Hall–Kier alpha value is -0.830. The SMILES string of the molecule is CCSCCCNc1ccccc1OCC(C)C. The molecule has 1 rings (SSSR count). The highest BCUT2D eigenvalue weighted by Gasteiger charge is 2.03. The first-order valence-electron chi connectivity index (χ1n) is 6.77. The van der Waals surface area contributed by atoms with E-state index >= 15 is 0 Å². The molecular formula is C15H25NOS. The van der Waals surface area contributed by atoms with Gasteiger partial charge in [0.1, 0.15) is 5.75 Å². The van der Waals surface area contributed by atoms with Crippen LogP contribution in [0.3, 0.4) is 0 Å². The summed E-state index contributed by atoms with van der Waals surface area (Å²) < 4.78 is 5.81. The second-order valence-corrected chi connectivity index (χ2v) is 6.07. The van der Waals surface area contributed by atoms with Gasteiger partial charge in [-0.1, -0.05) is 32.9 Å². The summed E-state index contributed by atoms with van der Waals surface area (Å²) in [6, 6.07) is 8.19. The fourth-order valence-electron chi connectivity index (χ4n) is 1.54. The maximum atomic E-state index is 5.81. The zero-order valence-electron chi connectivity index (χ0n) is 11.7. The van der Waals surface area contributed by atoms with Crippen LogP contribution in [-0.4, -0.2) is 24.7 Å². The van der Waals surface area contributed by atoms with E-state index in [-0.39, 0.29) is 0 Å². The van der Waals surface area contributed by atoms with Gasteiger partial charge in [-0.05, 0) is 36.0 Å². The molecule has 2 nitrogen and oxygen atoms in total. The van der Waals surface area contributed by atoms with Crippen molar-refractivity contribution in [2.24, 2.45) is 5.92 Å². The Kier molecular flexibility index (Phi) is 7.74. The highest BCUT2D eigenvalue weighted by Crippen LogP contribution is 2.24. The average molecular weight is 267 g/mol. The van der Waals surface area contributed by atoms with E-state index in [9.17, 15) is 0 Å². The predicted molar refractivity (Wildman–Crippen MR) is 82.9 cm³/mol. The number of ether oxygens (including phenoxy) is 1. The van der Waals surface area contributed by atoms with Crippen molar-refractivity contribution in [2.75, 3.05) is 30.0 Å². The Labute approximate surface area is 116 Å². The molecule has 0 bridgehead atoms. The summed E-state index contributed by atoms with van der Waals surface area (Å²) in [5, 5.41) is 3.46. The molecule has 0 amide bonds. The van der Waals surface area contributed by atoms with Gasteiger partial charge in [-0.15, -0.1) is 0 Å². The zero-order valence-corrected chi connectivity index (χ0v) is 12.6. The number of anilines is 1. The highest BCUT2D eigenvalue weighted by atomic mass is 32.2. The summed E-state index contributed by atoms with van der Waals surface area (Å²) in [6.07, 6.45) is 1.19. The van der Waals surface area contributed by atoms with Gasteiger partial charge in [-0.3, -0.25) is 0 Å². The molecule has 0 aliphatic carbocycles. The minimum atomic E-state index is 0.555. The number of rotatable bonds is 9. The number of para-hydroxylation sites is 2. The molecular weight excluding hydrogens is 242 g/mol. The second-order valence-electron chi connectivity index (χ2n) is 4.68. The van der Waals surface area contributed by atoms with Crippen molar-refractivity contribution in [1.29, 1.82) is 0 Å². The van der Waals surface area contributed by atoms with Gasteiger partial charge in [-0.25, -0.2) is 0 Å². The first-order valence-corrected chi connectivity index (χ1v) is 7.93. The normalized spacial score (nSPS) is 10.7. The second kappa shape index (κ2) is 9.15. The van der Waals surface area contributed by atoms with E-state index in [1.54, 1.807) is 0 Å². The van der Waals surface area contributed by atoms with Gasteiger partial charge < -0.3 is 10.1 Å². The standard InChI is InChI=1S/C15H25NOS/c1-4-18-11-7-10-16-14-8-5-6-9-15(14)17-12-13(2)3/h5-6,8-9,13,16H,4,7,10-12H2,1-3H3. The Bertz CT molecular complexity index is 328. The molecule has 1 aromatic rings. The molecule has 0 fully saturated rings. The van der Waals surface area contributed by atoms with E-state index < -0.39 is 0 Å². The van der Waals surface area contributed by atoms with E-state index in [1.165, 1.54) is 17.9 Å². The van der Waals surface area contributed by atoms with Crippen molar-refractivity contribution in [3.63, 3.8) is 0 Å². The molecule has 3 heteroatoms. The zero-order chi connectivity index (χ0) is 13.2. The maximum Gasteiger partial charge on any atom is 0.142 e. The number of hydrogen-bond acceptors (Lipinski definition) is 3. The van der Waals surface area contributed by atoms with Crippen LogP contribution in [0.1, 0.15) is 27.2 Å². The van der Waals surface area contributed by atoms with Crippen LogP contribution in [0.2, 0.25) is 0 Å². The molecule has 1 N–H and O–H groups in total. The molecule has 0 aliphatic rings. The van der Waals surface area contributed by atoms with Gasteiger partial charge in [0, 0.05) is 6.54 Å². The minimum Gasteiger partial charge on any atom is -0.491 e. The molecule has 18 heavy (non-hydrogen) atoms. The van der Waals surface area contributed by atoms with E-state index in [0.717, 1.165) is 24.6 Å². The molecule has 0 saturated heterocycles. The van der Waals surface area contributed by atoms with Gasteiger partial charge >= 0.3 is 0 Å². The van der Waals surface area contributed by atoms with E-state index in [2.05, 4.69) is 32.2 Å². The van der Waals surface area contributed by atoms with Crippen LogP contribution in [0.4, 0.5) is 5.69 Å². The molecule has 0 spiro atoms. The highest BCUT2D eigenvalue weighted by molar-refractivity contribution is 7.99. The molecule has 0 heterocycles. The number of hydrogen-bond donors (Lipinski definition) is 1. The third-order valence-electron chi connectivity index (χ3n) is 2.44. The van der Waals surface area contributed by atoms with E-state index in [0.29, 0.717) is 5.92 Å². The van der Waals surface area contributed by atoms with Crippen molar-refractivity contribution in [3.8, 4) is 5.75 Å². The fourth-order valence-corrected chi connectivity index (χ4v) is 2.17. The van der Waals surface area contributed by atoms with Crippen LogP contribution in [-0.2, 0) is 0 Å². The molecule has 102 valence electrons. The predicted octanol–water partition coefficient (Wildman–Crippen LogP) is 4.28. The quantitative estimate of drug-likeness (QED) is 0.675.